The molecule has 1 atom stereocenters. The van der Waals surface area contributed by atoms with Crippen molar-refractivity contribution in [3.63, 3.8) is 0 Å². The normalized spacial score (nSPS) is 14.4. The zero-order valence-electron chi connectivity index (χ0n) is 9.93. The minimum atomic E-state index is 0.529. The van der Waals surface area contributed by atoms with Crippen LogP contribution in [-0.4, -0.2) is 6.54 Å². The molecular weight excluding hydrogens is 170 g/mol. The SMILES string of the molecule is C=C(C=CNCC)C(C)C/C(C)=C\C. The Kier molecular flexibility index (Phi) is 6.91. The molecule has 0 fully saturated rings. The van der Waals surface area contributed by atoms with Crippen LogP contribution < -0.4 is 5.32 Å². The topological polar surface area (TPSA) is 12.0 Å². The Bertz CT molecular complexity index is 223. The van der Waals surface area contributed by atoms with Gasteiger partial charge in [0, 0.05) is 6.54 Å². The second-order valence-electron chi connectivity index (χ2n) is 3.71. The molecule has 0 saturated carbocycles. The Morgan fingerprint density at radius 1 is 1.50 bits per heavy atom. The van der Waals surface area contributed by atoms with E-state index in [1.165, 1.54) is 11.1 Å². The van der Waals surface area contributed by atoms with Gasteiger partial charge in [0.15, 0.2) is 0 Å². The van der Waals surface area contributed by atoms with E-state index in [-0.39, 0.29) is 0 Å². The van der Waals surface area contributed by atoms with Gasteiger partial charge in [-0.3, -0.25) is 0 Å². The van der Waals surface area contributed by atoms with E-state index in [2.05, 4.69) is 51.7 Å². The van der Waals surface area contributed by atoms with Crippen molar-refractivity contribution >= 4 is 0 Å². The maximum Gasteiger partial charge on any atom is 0.0113 e. The second kappa shape index (κ2) is 7.43. The summed E-state index contributed by atoms with van der Waals surface area (Å²) in [7, 11) is 0. The van der Waals surface area contributed by atoms with Gasteiger partial charge >= 0.3 is 0 Å². The molecule has 0 amide bonds. The van der Waals surface area contributed by atoms with Crippen LogP contribution in [0, 0.1) is 5.92 Å². The molecule has 0 aliphatic heterocycles. The predicted octanol–water partition coefficient (Wildman–Crippen LogP) is 3.66. The quantitative estimate of drug-likeness (QED) is 0.501. The van der Waals surface area contributed by atoms with Crippen molar-refractivity contribution in [1.82, 2.24) is 5.32 Å². The largest absolute Gasteiger partial charge is 0.391 e. The summed E-state index contributed by atoms with van der Waals surface area (Å²) in [4.78, 5) is 0. The smallest absolute Gasteiger partial charge is 0.0113 e. The van der Waals surface area contributed by atoms with E-state index in [4.69, 9.17) is 0 Å². The van der Waals surface area contributed by atoms with Gasteiger partial charge in [-0.05, 0) is 45.4 Å². The third kappa shape index (κ3) is 5.63. The molecule has 1 N–H and O–H groups in total. The minimum Gasteiger partial charge on any atom is -0.391 e. The van der Waals surface area contributed by atoms with Gasteiger partial charge in [0.25, 0.3) is 0 Å². The number of nitrogens with one attached hydrogen (secondary N) is 1. The molecule has 0 radical (unpaired) electrons. The van der Waals surface area contributed by atoms with Crippen LogP contribution in [0.25, 0.3) is 0 Å². The van der Waals surface area contributed by atoms with E-state index >= 15 is 0 Å². The molecule has 0 aromatic rings. The van der Waals surface area contributed by atoms with Crippen LogP contribution in [0.2, 0.25) is 0 Å². The third-order valence-electron chi connectivity index (χ3n) is 2.37. The molecule has 1 heteroatoms. The number of hydrogen-bond acceptors (Lipinski definition) is 1. The molecule has 0 bridgehead atoms. The molecule has 0 aliphatic carbocycles. The van der Waals surface area contributed by atoms with Crippen LogP contribution in [0.3, 0.4) is 0 Å². The standard InChI is InChI=1S/C13H23N/c1-6-11(3)10-13(5)12(4)8-9-14-7-2/h6,8-9,13-14H,4,7,10H2,1-3,5H3/b9-8?,11-6-. The molecule has 0 aromatic heterocycles. The van der Waals surface area contributed by atoms with Crippen molar-refractivity contribution < 1.29 is 0 Å². The molecule has 0 rings (SSSR count). The minimum absolute atomic E-state index is 0.529. The summed E-state index contributed by atoms with van der Waals surface area (Å²) >= 11 is 0. The van der Waals surface area contributed by atoms with E-state index in [0.717, 1.165) is 13.0 Å². The zero-order chi connectivity index (χ0) is 11.0. The Labute approximate surface area is 88.6 Å². The van der Waals surface area contributed by atoms with Crippen LogP contribution in [0.1, 0.15) is 34.1 Å². The van der Waals surface area contributed by atoms with Gasteiger partial charge < -0.3 is 5.32 Å². The van der Waals surface area contributed by atoms with E-state index in [0.29, 0.717) is 5.92 Å². The average molecular weight is 193 g/mol. The Balaban J connectivity index is 3.99. The lowest BCUT2D eigenvalue weighted by Gasteiger charge is -2.11. The van der Waals surface area contributed by atoms with Gasteiger partial charge in [-0.25, -0.2) is 0 Å². The second-order valence-corrected chi connectivity index (χ2v) is 3.71. The van der Waals surface area contributed by atoms with Crippen LogP contribution in [0.5, 0.6) is 0 Å². The highest BCUT2D eigenvalue weighted by molar-refractivity contribution is 5.18. The van der Waals surface area contributed by atoms with Crippen molar-refractivity contribution in [2.75, 3.05) is 6.54 Å². The predicted molar refractivity (Wildman–Crippen MR) is 65.2 cm³/mol. The highest BCUT2D eigenvalue weighted by atomic mass is 14.8. The molecule has 1 unspecified atom stereocenters. The molecule has 80 valence electrons. The molecule has 0 aromatic carbocycles. The average Bonchev–Trinajstić information content (AvgIpc) is 2.17. The molecular formula is C13H23N. The monoisotopic (exact) mass is 193 g/mol. The van der Waals surface area contributed by atoms with Crippen molar-refractivity contribution in [2.45, 2.75) is 34.1 Å². The van der Waals surface area contributed by atoms with Gasteiger partial charge in [0.05, 0.1) is 0 Å². The van der Waals surface area contributed by atoms with Gasteiger partial charge in [-0.15, -0.1) is 0 Å². The number of allylic oxidation sites excluding steroid dienone is 4. The number of rotatable bonds is 6. The van der Waals surface area contributed by atoms with Gasteiger partial charge in [0.1, 0.15) is 0 Å². The number of hydrogen-bond donors (Lipinski definition) is 1. The van der Waals surface area contributed by atoms with Crippen molar-refractivity contribution in [3.8, 4) is 0 Å². The summed E-state index contributed by atoms with van der Waals surface area (Å²) < 4.78 is 0. The maximum absolute atomic E-state index is 4.06. The maximum atomic E-state index is 4.06. The van der Waals surface area contributed by atoms with Gasteiger partial charge in [0.2, 0.25) is 0 Å². The molecule has 14 heavy (non-hydrogen) atoms. The first-order valence-corrected chi connectivity index (χ1v) is 5.32. The first-order valence-electron chi connectivity index (χ1n) is 5.32. The Morgan fingerprint density at radius 2 is 2.14 bits per heavy atom. The first kappa shape index (κ1) is 13.0. The summed E-state index contributed by atoms with van der Waals surface area (Å²) in [5, 5.41) is 3.15. The van der Waals surface area contributed by atoms with Crippen LogP contribution >= 0.6 is 0 Å². The van der Waals surface area contributed by atoms with Crippen LogP contribution in [0.15, 0.2) is 36.1 Å². The van der Waals surface area contributed by atoms with Crippen LogP contribution in [-0.2, 0) is 0 Å². The Morgan fingerprint density at radius 3 is 2.64 bits per heavy atom. The highest BCUT2D eigenvalue weighted by Crippen LogP contribution is 2.18. The molecule has 1 nitrogen and oxygen atoms in total. The lowest BCUT2D eigenvalue weighted by molar-refractivity contribution is 0.688. The van der Waals surface area contributed by atoms with Crippen molar-refractivity contribution in [2.24, 2.45) is 5.92 Å². The fourth-order valence-electron chi connectivity index (χ4n) is 1.18. The summed E-state index contributed by atoms with van der Waals surface area (Å²) in [5.41, 5.74) is 2.61. The third-order valence-corrected chi connectivity index (χ3v) is 2.37. The summed E-state index contributed by atoms with van der Waals surface area (Å²) in [6, 6.07) is 0. The van der Waals surface area contributed by atoms with Gasteiger partial charge in [-0.2, -0.15) is 0 Å². The fraction of sp³-hybridized carbons (Fsp3) is 0.538. The lowest BCUT2D eigenvalue weighted by atomic mass is 9.95. The van der Waals surface area contributed by atoms with Crippen molar-refractivity contribution in [3.05, 3.63) is 36.1 Å². The zero-order valence-corrected chi connectivity index (χ0v) is 9.93. The van der Waals surface area contributed by atoms with E-state index in [1.807, 2.05) is 6.20 Å². The summed E-state index contributed by atoms with van der Waals surface area (Å²) in [6.45, 7) is 13.6. The van der Waals surface area contributed by atoms with Crippen LogP contribution in [0.4, 0.5) is 0 Å². The first-order chi connectivity index (χ1) is 6.61. The van der Waals surface area contributed by atoms with E-state index in [1.54, 1.807) is 0 Å². The summed E-state index contributed by atoms with van der Waals surface area (Å²) in [5.74, 6) is 0.529. The van der Waals surface area contributed by atoms with E-state index in [9.17, 15) is 0 Å². The Hall–Kier alpha value is -0.980. The summed E-state index contributed by atoms with van der Waals surface area (Å²) in [6.07, 6.45) is 7.31. The molecule has 0 saturated heterocycles. The van der Waals surface area contributed by atoms with E-state index < -0.39 is 0 Å². The lowest BCUT2D eigenvalue weighted by Crippen LogP contribution is -2.03. The van der Waals surface area contributed by atoms with Crippen molar-refractivity contribution in [1.29, 1.82) is 0 Å². The fourth-order valence-corrected chi connectivity index (χ4v) is 1.18. The molecule has 0 spiro atoms. The highest BCUT2D eigenvalue weighted by Gasteiger charge is 2.03. The molecule has 0 heterocycles. The molecule has 0 aliphatic rings. The van der Waals surface area contributed by atoms with Gasteiger partial charge in [-0.1, -0.05) is 30.7 Å².